The molecule has 0 spiro atoms. The molecule has 1 heterocycles. The van der Waals surface area contributed by atoms with Gasteiger partial charge in [0.1, 0.15) is 0 Å². The van der Waals surface area contributed by atoms with Crippen molar-refractivity contribution in [3.05, 3.63) is 70.4 Å². The van der Waals surface area contributed by atoms with Gasteiger partial charge in [-0.3, -0.25) is 13.9 Å². The van der Waals surface area contributed by atoms with Crippen LogP contribution in [0.5, 0.6) is 0 Å². The van der Waals surface area contributed by atoms with Crippen molar-refractivity contribution >= 4 is 28.3 Å². The molecule has 2 atom stereocenters. The lowest BCUT2D eigenvalue weighted by Gasteiger charge is -2.39. The third kappa shape index (κ3) is 4.23. The van der Waals surface area contributed by atoms with Crippen molar-refractivity contribution in [2.24, 2.45) is 0 Å². The highest BCUT2D eigenvalue weighted by Crippen LogP contribution is 2.42. The molecule has 176 valence electrons. The lowest BCUT2D eigenvalue weighted by molar-refractivity contribution is -0.137. The third-order valence-electron chi connectivity index (χ3n) is 5.85. The van der Waals surface area contributed by atoms with Gasteiger partial charge in [-0.15, -0.1) is 0 Å². The Morgan fingerprint density at radius 1 is 1.18 bits per heavy atom. The summed E-state index contributed by atoms with van der Waals surface area (Å²) < 4.78 is 52.6. The molecular weight excluding hydrogens is 467 g/mol. The number of nitrogens with zero attached hydrogens (tertiary/aromatic N) is 2. The molecule has 0 aromatic heterocycles. The van der Waals surface area contributed by atoms with Gasteiger partial charge in [-0.25, -0.2) is 4.79 Å². The van der Waals surface area contributed by atoms with Crippen LogP contribution in [-0.2, 0) is 21.8 Å². The zero-order valence-electron chi connectivity index (χ0n) is 18.1. The van der Waals surface area contributed by atoms with Crippen LogP contribution in [0.25, 0.3) is 0 Å². The zero-order valence-corrected chi connectivity index (χ0v) is 18.9. The number of urea groups is 1. The molecular formula is C24H20F3N3O3S. The summed E-state index contributed by atoms with van der Waals surface area (Å²) in [4.78, 5) is 27.7. The predicted octanol–water partition coefficient (Wildman–Crippen LogP) is 4.98. The molecule has 2 aliphatic rings. The van der Waals surface area contributed by atoms with Gasteiger partial charge in [-0.05, 0) is 48.7 Å². The van der Waals surface area contributed by atoms with Gasteiger partial charge in [0.15, 0.2) is 5.78 Å². The standard InChI is InChI=1S/C24H20F3N3O3S/c1-2-34(33)20-11-14(13-28)9-10-17(20)22-21-18(7-4-8-19(21)31)30(23(32)29-22)16-6-3-5-15(12-16)24(25,26)27/h3,5-6,9-12,22H,2,4,7-8H2,1H3,(H,29,32)/t22-,34?/m1/s1. The second kappa shape index (κ2) is 9.06. The average molecular weight is 488 g/mol. The molecule has 10 heteroatoms. The molecule has 2 amide bonds. The van der Waals surface area contributed by atoms with Crippen LogP contribution in [0.3, 0.4) is 0 Å². The molecule has 2 aromatic rings. The molecule has 0 radical (unpaired) electrons. The normalized spacial score (nSPS) is 19.4. The van der Waals surface area contributed by atoms with Gasteiger partial charge in [0.05, 0.1) is 39.7 Å². The summed E-state index contributed by atoms with van der Waals surface area (Å²) in [7, 11) is -1.48. The Morgan fingerprint density at radius 2 is 1.94 bits per heavy atom. The van der Waals surface area contributed by atoms with Gasteiger partial charge in [0, 0.05) is 28.3 Å². The van der Waals surface area contributed by atoms with Crippen molar-refractivity contribution in [2.75, 3.05) is 10.7 Å². The number of amides is 2. The topological polar surface area (TPSA) is 90.3 Å². The quantitative estimate of drug-likeness (QED) is 0.659. The van der Waals surface area contributed by atoms with Crippen LogP contribution in [0.2, 0.25) is 0 Å². The Kier molecular flexibility index (Phi) is 6.32. The van der Waals surface area contributed by atoms with E-state index >= 15 is 0 Å². The van der Waals surface area contributed by atoms with E-state index in [1.807, 2.05) is 6.07 Å². The van der Waals surface area contributed by atoms with Crippen LogP contribution in [0.1, 0.15) is 48.9 Å². The van der Waals surface area contributed by atoms with Crippen molar-refractivity contribution in [1.29, 1.82) is 5.26 Å². The summed E-state index contributed by atoms with van der Waals surface area (Å²) in [6, 6.07) is 9.35. The van der Waals surface area contributed by atoms with E-state index in [0.717, 1.165) is 17.0 Å². The Bertz CT molecular complexity index is 1280. The smallest absolute Gasteiger partial charge is 0.326 e. The molecule has 34 heavy (non-hydrogen) atoms. The van der Waals surface area contributed by atoms with Gasteiger partial charge >= 0.3 is 12.2 Å². The number of allylic oxidation sites excluding steroid dienone is 1. The minimum atomic E-state index is -4.59. The van der Waals surface area contributed by atoms with Crippen LogP contribution < -0.4 is 10.2 Å². The van der Waals surface area contributed by atoms with Crippen molar-refractivity contribution in [2.45, 2.75) is 43.3 Å². The van der Waals surface area contributed by atoms with Crippen molar-refractivity contribution in [3.63, 3.8) is 0 Å². The monoisotopic (exact) mass is 487 g/mol. The number of hydrogen-bond acceptors (Lipinski definition) is 4. The fraction of sp³-hybridized carbons (Fsp3) is 0.292. The Labute approximate surface area is 196 Å². The number of Topliss-reactive ketones (excluding diaryl/α,β-unsaturated/α-hetero) is 1. The first-order valence-corrected chi connectivity index (χ1v) is 11.9. The van der Waals surface area contributed by atoms with E-state index in [-0.39, 0.29) is 34.8 Å². The average Bonchev–Trinajstić information content (AvgIpc) is 2.82. The number of halogens is 3. The summed E-state index contributed by atoms with van der Waals surface area (Å²) in [6.07, 6.45) is -3.59. The summed E-state index contributed by atoms with van der Waals surface area (Å²) in [5.41, 5.74) is 0.419. The van der Waals surface area contributed by atoms with E-state index in [0.29, 0.717) is 29.0 Å². The van der Waals surface area contributed by atoms with Crippen LogP contribution in [0.15, 0.2) is 58.6 Å². The van der Waals surface area contributed by atoms with Crippen LogP contribution in [0, 0.1) is 11.3 Å². The van der Waals surface area contributed by atoms with E-state index < -0.39 is 34.6 Å². The minimum absolute atomic E-state index is 0.00478. The fourth-order valence-corrected chi connectivity index (χ4v) is 5.33. The number of rotatable bonds is 4. The maximum Gasteiger partial charge on any atom is 0.416 e. The number of ketones is 1. The van der Waals surface area contributed by atoms with Gasteiger partial charge in [-0.1, -0.05) is 19.1 Å². The molecule has 2 aromatic carbocycles. The number of alkyl halides is 3. The number of anilines is 1. The fourth-order valence-electron chi connectivity index (χ4n) is 4.31. The molecule has 1 unspecified atom stereocenters. The largest absolute Gasteiger partial charge is 0.416 e. The summed E-state index contributed by atoms with van der Waals surface area (Å²) >= 11 is 0. The van der Waals surface area contributed by atoms with E-state index in [4.69, 9.17) is 0 Å². The van der Waals surface area contributed by atoms with Crippen LogP contribution >= 0.6 is 0 Å². The molecule has 0 fully saturated rings. The minimum Gasteiger partial charge on any atom is -0.326 e. The maximum atomic E-state index is 13.3. The molecule has 1 aliphatic carbocycles. The predicted molar refractivity (Wildman–Crippen MR) is 119 cm³/mol. The Balaban J connectivity index is 1.89. The molecule has 0 saturated carbocycles. The Hall–Kier alpha value is -3.45. The maximum absolute atomic E-state index is 13.3. The molecule has 4 rings (SSSR count). The van der Waals surface area contributed by atoms with Gasteiger partial charge in [-0.2, -0.15) is 18.4 Å². The van der Waals surface area contributed by atoms with Crippen LogP contribution in [0.4, 0.5) is 23.7 Å². The second-order valence-corrected chi connectivity index (χ2v) is 9.61. The summed E-state index contributed by atoms with van der Waals surface area (Å²) in [6.45, 7) is 1.71. The highest BCUT2D eigenvalue weighted by molar-refractivity contribution is 7.85. The first-order valence-electron chi connectivity index (χ1n) is 10.6. The molecule has 1 N–H and O–H groups in total. The summed E-state index contributed by atoms with van der Waals surface area (Å²) in [5, 5.41) is 12.0. The lowest BCUT2D eigenvalue weighted by Crippen LogP contribution is -2.49. The number of carbonyl (C=O) groups excluding carboxylic acids is 2. The first-order chi connectivity index (χ1) is 16.2. The van der Waals surface area contributed by atoms with Crippen LogP contribution in [-0.4, -0.2) is 21.8 Å². The summed E-state index contributed by atoms with van der Waals surface area (Å²) in [5.74, 6) is 0.0273. The van der Waals surface area contributed by atoms with Gasteiger partial charge in [0.25, 0.3) is 0 Å². The number of nitrogens with one attached hydrogen (secondary N) is 1. The van der Waals surface area contributed by atoms with Crippen molar-refractivity contribution < 1.29 is 27.0 Å². The van der Waals surface area contributed by atoms with E-state index in [1.165, 1.54) is 24.3 Å². The number of nitriles is 1. The zero-order chi connectivity index (χ0) is 24.6. The second-order valence-electron chi connectivity index (χ2n) is 7.90. The highest BCUT2D eigenvalue weighted by Gasteiger charge is 2.41. The first kappa shape index (κ1) is 23.7. The number of hydrogen-bond donors (Lipinski definition) is 1. The van der Waals surface area contributed by atoms with Crippen molar-refractivity contribution in [1.82, 2.24) is 5.32 Å². The Morgan fingerprint density at radius 3 is 2.62 bits per heavy atom. The number of benzene rings is 2. The van der Waals surface area contributed by atoms with E-state index in [1.54, 1.807) is 13.0 Å². The van der Waals surface area contributed by atoms with E-state index in [9.17, 15) is 32.2 Å². The molecule has 0 bridgehead atoms. The third-order valence-corrected chi connectivity index (χ3v) is 7.22. The lowest BCUT2D eigenvalue weighted by atomic mass is 9.84. The SMILES string of the molecule is CCS(=O)c1cc(C#N)ccc1[C@H]1NC(=O)N(c2cccc(C(F)(F)F)c2)C2=C1C(=O)CCC2. The molecule has 6 nitrogen and oxygen atoms in total. The highest BCUT2D eigenvalue weighted by atomic mass is 32.2. The van der Waals surface area contributed by atoms with E-state index in [2.05, 4.69) is 5.32 Å². The molecule has 0 saturated heterocycles. The molecule has 1 aliphatic heterocycles. The number of carbonyl (C=O) groups is 2. The van der Waals surface area contributed by atoms with Gasteiger partial charge in [0.2, 0.25) is 0 Å². The van der Waals surface area contributed by atoms with Crippen molar-refractivity contribution in [3.8, 4) is 6.07 Å². The van der Waals surface area contributed by atoms with Gasteiger partial charge < -0.3 is 5.32 Å².